The van der Waals surface area contributed by atoms with Crippen LogP contribution in [0.3, 0.4) is 0 Å². The number of likely N-dealkylation sites (tertiary alicyclic amines) is 1. The van der Waals surface area contributed by atoms with E-state index in [1.54, 1.807) is 4.90 Å². The van der Waals surface area contributed by atoms with Gasteiger partial charge in [-0.2, -0.15) is 13.2 Å². The number of aromatic nitrogens is 2. The smallest absolute Gasteiger partial charge is 0.417 e. The molecule has 156 valence electrons. The van der Waals surface area contributed by atoms with Gasteiger partial charge in [-0.05, 0) is 24.0 Å². The standard InChI is InChI=1S/C22H20F3N3O2/c23-22(24,25)21-27-26-19(30-21)17-12-7-13-28(14-17)20(29)18(15-8-3-1-4-9-15)16-10-5-2-6-11-16/h1-6,8-11,17-18H,7,12-14H2. The fraction of sp³-hybridized carbons (Fsp3) is 0.318. The van der Waals surface area contributed by atoms with E-state index in [1.165, 1.54) is 0 Å². The van der Waals surface area contributed by atoms with E-state index in [1.807, 2.05) is 60.7 Å². The summed E-state index contributed by atoms with van der Waals surface area (Å²) in [6.45, 7) is 0.778. The molecule has 1 aliphatic heterocycles. The van der Waals surface area contributed by atoms with Gasteiger partial charge in [0, 0.05) is 13.1 Å². The van der Waals surface area contributed by atoms with E-state index in [-0.39, 0.29) is 18.3 Å². The Bertz CT molecular complexity index is 950. The van der Waals surface area contributed by atoms with Crippen molar-refractivity contribution in [1.82, 2.24) is 15.1 Å². The maximum atomic E-state index is 13.5. The highest BCUT2D eigenvalue weighted by Gasteiger charge is 2.40. The third kappa shape index (κ3) is 4.22. The van der Waals surface area contributed by atoms with E-state index in [0.29, 0.717) is 19.4 Å². The van der Waals surface area contributed by atoms with Crippen LogP contribution in [0.2, 0.25) is 0 Å². The summed E-state index contributed by atoms with van der Waals surface area (Å²) < 4.78 is 43.2. The Hall–Kier alpha value is -3.16. The zero-order chi connectivity index (χ0) is 21.1. The van der Waals surface area contributed by atoms with Crippen molar-refractivity contribution in [3.8, 4) is 0 Å². The molecule has 8 heteroatoms. The molecule has 1 unspecified atom stereocenters. The topological polar surface area (TPSA) is 59.2 Å². The molecule has 4 rings (SSSR count). The Kier molecular flexibility index (Phi) is 5.57. The molecular formula is C22H20F3N3O2. The average Bonchev–Trinajstić information content (AvgIpc) is 3.27. The number of nitrogens with zero attached hydrogens (tertiary/aromatic N) is 3. The van der Waals surface area contributed by atoms with Crippen LogP contribution in [0.15, 0.2) is 65.1 Å². The average molecular weight is 415 g/mol. The predicted octanol–water partition coefficient (Wildman–Crippen LogP) is 4.63. The fourth-order valence-corrected chi connectivity index (χ4v) is 3.84. The third-order valence-corrected chi connectivity index (χ3v) is 5.28. The molecule has 2 heterocycles. The van der Waals surface area contributed by atoms with Gasteiger partial charge in [-0.3, -0.25) is 4.79 Å². The molecule has 0 spiro atoms. The van der Waals surface area contributed by atoms with Gasteiger partial charge in [-0.15, -0.1) is 10.2 Å². The van der Waals surface area contributed by atoms with Crippen molar-refractivity contribution < 1.29 is 22.4 Å². The van der Waals surface area contributed by atoms with Crippen molar-refractivity contribution in [3.63, 3.8) is 0 Å². The summed E-state index contributed by atoms with van der Waals surface area (Å²) in [4.78, 5) is 15.2. The predicted molar refractivity (Wildman–Crippen MR) is 103 cm³/mol. The normalized spacial score (nSPS) is 17.3. The maximum Gasteiger partial charge on any atom is 0.470 e. The molecule has 0 bridgehead atoms. The van der Waals surface area contributed by atoms with E-state index in [2.05, 4.69) is 10.2 Å². The van der Waals surface area contributed by atoms with Crippen LogP contribution >= 0.6 is 0 Å². The van der Waals surface area contributed by atoms with Gasteiger partial charge in [0.15, 0.2) is 0 Å². The molecule has 0 radical (unpaired) electrons. The molecule has 5 nitrogen and oxygen atoms in total. The molecule has 0 N–H and O–H groups in total. The minimum Gasteiger partial charge on any atom is -0.417 e. The first kappa shape index (κ1) is 20.1. The highest BCUT2D eigenvalue weighted by Crippen LogP contribution is 2.34. The third-order valence-electron chi connectivity index (χ3n) is 5.28. The first-order valence-corrected chi connectivity index (χ1v) is 9.73. The minimum absolute atomic E-state index is 0.0733. The summed E-state index contributed by atoms with van der Waals surface area (Å²) in [5.41, 5.74) is 1.74. The van der Waals surface area contributed by atoms with Crippen molar-refractivity contribution in [2.24, 2.45) is 0 Å². The second kappa shape index (κ2) is 8.30. The SMILES string of the molecule is O=C(C(c1ccccc1)c1ccccc1)N1CCCC(c2nnc(C(F)(F)F)o2)C1. The van der Waals surface area contributed by atoms with Crippen molar-refractivity contribution in [3.05, 3.63) is 83.6 Å². The van der Waals surface area contributed by atoms with E-state index >= 15 is 0 Å². The van der Waals surface area contributed by atoms with Crippen LogP contribution in [0.4, 0.5) is 13.2 Å². The molecule has 3 aromatic rings. The molecule has 0 aliphatic carbocycles. The number of benzene rings is 2. The number of amides is 1. The second-order valence-corrected chi connectivity index (χ2v) is 7.32. The van der Waals surface area contributed by atoms with Crippen molar-refractivity contribution in [2.75, 3.05) is 13.1 Å². The van der Waals surface area contributed by atoms with Crippen LogP contribution in [0.25, 0.3) is 0 Å². The Balaban J connectivity index is 1.58. The molecule has 1 aliphatic rings. The summed E-state index contributed by atoms with van der Waals surface area (Å²) >= 11 is 0. The van der Waals surface area contributed by atoms with Crippen LogP contribution in [-0.2, 0) is 11.0 Å². The molecule has 2 aromatic carbocycles. The quantitative estimate of drug-likeness (QED) is 0.624. The summed E-state index contributed by atoms with van der Waals surface area (Å²) in [5.74, 6) is -2.42. The van der Waals surface area contributed by atoms with Gasteiger partial charge < -0.3 is 9.32 Å². The maximum absolute atomic E-state index is 13.5. The molecular weight excluding hydrogens is 395 g/mol. The zero-order valence-electron chi connectivity index (χ0n) is 16.0. The van der Waals surface area contributed by atoms with Crippen LogP contribution in [0.1, 0.15) is 47.6 Å². The summed E-state index contributed by atoms with van der Waals surface area (Å²) in [6.07, 6.45) is -3.44. The lowest BCUT2D eigenvalue weighted by molar-refractivity contribution is -0.157. The molecule has 1 atom stereocenters. The van der Waals surface area contributed by atoms with Gasteiger partial charge in [0.1, 0.15) is 0 Å². The van der Waals surface area contributed by atoms with Crippen LogP contribution in [0, 0.1) is 0 Å². The van der Waals surface area contributed by atoms with Gasteiger partial charge >= 0.3 is 12.1 Å². The van der Waals surface area contributed by atoms with Gasteiger partial charge in [0.2, 0.25) is 11.8 Å². The first-order chi connectivity index (χ1) is 14.4. The first-order valence-electron chi connectivity index (χ1n) is 9.73. The Labute approximate surface area is 171 Å². The lowest BCUT2D eigenvalue weighted by atomic mass is 9.88. The Morgan fingerprint density at radius 2 is 1.60 bits per heavy atom. The van der Waals surface area contributed by atoms with E-state index in [4.69, 9.17) is 4.42 Å². The van der Waals surface area contributed by atoms with Gasteiger partial charge in [-0.1, -0.05) is 60.7 Å². The van der Waals surface area contributed by atoms with Crippen LogP contribution in [-0.4, -0.2) is 34.1 Å². The summed E-state index contributed by atoms with van der Waals surface area (Å²) in [7, 11) is 0. The summed E-state index contributed by atoms with van der Waals surface area (Å²) in [5, 5.41) is 6.70. The number of carbonyl (C=O) groups excluding carboxylic acids is 1. The van der Waals surface area contributed by atoms with Gasteiger partial charge in [-0.25, -0.2) is 0 Å². The Morgan fingerprint density at radius 3 is 2.13 bits per heavy atom. The largest absolute Gasteiger partial charge is 0.470 e. The van der Waals surface area contributed by atoms with Crippen molar-refractivity contribution in [2.45, 2.75) is 30.9 Å². The number of piperidine rings is 1. The lowest BCUT2D eigenvalue weighted by Gasteiger charge is -2.34. The molecule has 30 heavy (non-hydrogen) atoms. The molecule has 1 fully saturated rings. The fourth-order valence-electron chi connectivity index (χ4n) is 3.84. The van der Waals surface area contributed by atoms with Crippen molar-refractivity contribution in [1.29, 1.82) is 0 Å². The van der Waals surface area contributed by atoms with Gasteiger partial charge in [0.25, 0.3) is 0 Å². The Morgan fingerprint density at radius 1 is 1.00 bits per heavy atom. The highest BCUT2D eigenvalue weighted by atomic mass is 19.4. The number of hydrogen-bond acceptors (Lipinski definition) is 4. The zero-order valence-corrected chi connectivity index (χ0v) is 16.0. The number of rotatable bonds is 4. The molecule has 1 saturated heterocycles. The van der Waals surface area contributed by atoms with Gasteiger partial charge in [0.05, 0.1) is 11.8 Å². The monoisotopic (exact) mass is 415 g/mol. The lowest BCUT2D eigenvalue weighted by Crippen LogP contribution is -2.42. The molecule has 1 amide bonds. The van der Waals surface area contributed by atoms with Crippen LogP contribution < -0.4 is 0 Å². The number of alkyl halides is 3. The second-order valence-electron chi connectivity index (χ2n) is 7.32. The van der Waals surface area contributed by atoms with E-state index in [9.17, 15) is 18.0 Å². The number of halogens is 3. The minimum atomic E-state index is -4.68. The van der Waals surface area contributed by atoms with E-state index in [0.717, 1.165) is 11.1 Å². The van der Waals surface area contributed by atoms with Crippen LogP contribution in [0.5, 0.6) is 0 Å². The number of carbonyl (C=O) groups is 1. The highest BCUT2D eigenvalue weighted by molar-refractivity contribution is 5.87. The van der Waals surface area contributed by atoms with E-state index < -0.39 is 23.9 Å². The summed E-state index contributed by atoms with van der Waals surface area (Å²) in [6, 6.07) is 18.9. The number of hydrogen-bond donors (Lipinski definition) is 0. The molecule has 0 saturated carbocycles. The van der Waals surface area contributed by atoms with Crippen molar-refractivity contribution >= 4 is 5.91 Å². The molecule has 1 aromatic heterocycles.